The van der Waals surface area contributed by atoms with E-state index in [9.17, 15) is 5.11 Å². The molecule has 1 aromatic rings. The van der Waals surface area contributed by atoms with Crippen LogP contribution < -0.4 is 0 Å². The number of nitrogens with zero attached hydrogens (tertiary/aromatic N) is 2. The van der Waals surface area contributed by atoms with Crippen LogP contribution in [0.2, 0.25) is 0 Å². The van der Waals surface area contributed by atoms with Gasteiger partial charge in [-0.25, -0.2) is 4.98 Å². The smallest absolute Gasteiger partial charge is 0.140 e. The molecule has 96 valence electrons. The lowest BCUT2D eigenvalue weighted by atomic mass is 9.93. The summed E-state index contributed by atoms with van der Waals surface area (Å²) in [5.41, 5.74) is -0.691. The Morgan fingerprint density at radius 1 is 1.47 bits per heavy atom. The van der Waals surface area contributed by atoms with E-state index in [1.54, 1.807) is 0 Å². The number of hydrogen-bond acceptors (Lipinski definition) is 2. The Hall–Kier alpha value is -0.830. The largest absolute Gasteiger partial charge is 0.382 e. The molecule has 0 bridgehead atoms. The van der Waals surface area contributed by atoms with Gasteiger partial charge >= 0.3 is 0 Å². The Morgan fingerprint density at radius 3 is 3.06 bits per heavy atom. The summed E-state index contributed by atoms with van der Waals surface area (Å²) in [4.78, 5) is 4.41. The molecule has 3 heteroatoms. The molecular formula is C14H24N2O. The summed E-state index contributed by atoms with van der Waals surface area (Å²) >= 11 is 0. The molecule has 0 spiro atoms. The van der Waals surface area contributed by atoms with E-state index in [0.717, 1.165) is 50.4 Å². The lowest BCUT2D eigenvalue weighted by molar-refractivity contribution is 0.00758. The molecule has 1 saturated carbocycles. The lowest BCUT2D eigenvalue weighted by Gasteiger charge is -2.27. The van der Waals surface area contributed by atoms with Crippen LogP contribution >= 0.6 is 0 Å². The number of hydrogen-bond donors (Lipinski definition) is 1. The maximum Gasteiger partial charge on any atom is 0.140 e. The van der Waals surface area contributed by atoms with Gasteiger partial charge in [-0.2, -0.15) is 0 Å². The Bertz CT molecular complexity index is 361. The van der Waals surface area contributed by atoms with E-state index in [1.807, 2.05) is 12.4 Å². The summed E-state index contributed by atoms with van der Waals surface area (Å²) in [6, 6.07) is 0. The zero-order chi connectivity index (χ0) is 12.3. The van der Waals surface area contributed by atoms with Crippen LogP contribution in [0.25, 0.3) is 0 Å². The van der Waals surface area contributed by atoms with Crippen molar-refractivity contribution in [3.63, 3.8) is 0 Å². The predicted molar refractivity (Wildman–Crippen MR) is 68.7 cm³/mol. The van der Waals surface area contributed by atoms with Crippen LogP contribution in [0.15, 0.2) is 12.4 Å². The quantitative estimate of drug-likeness (QED) is 0.819. The predicted octanol–water partition coefficient (Wildman–Crippen LogP) is 3.08. The first-order valence-corrected chi connectivity index (χ1v) is 6.89. The highest BCUT2D eigenvalue weighted by Gasteiger charge is 2.35. The van der Waals surface area contributed by atoms with Crippen LogP contribution in [-0.4, -0.2) is 14.7 Å². The summed E-state index contributed by atoms with van der Waals surface area (Å²) < 4.78 is 2.12. The molecule has 1 aliphatic rings. The molecule has 1 aliphatic carbocycles. The lowest BCUT2D eigenvalue weighted by Crippen LogP contribution is -2.29. The van der Waals surface area contributed by atoms with Gasteiger partial charge in [0.1, 0.15) is 11.4 Å². The van der Waals surface area contributed by atoms with Gasteiger partial charge in [-0.05, 0) is 38.0 Å². The zero-order valence-electron chi connectivity index (χ0n) is 11.0. The van der Waals surface area contributed by atoms with Crippen molar-refractivity contribution in [1.29, 1.82) is 0 Å². The van der Waals surface area contributed by atoms with E-state index < -0.39 is 5.60 Å². The molecule has 1 heterocycles. The van der Waals surface area contributed by atoms with Crippen LogP contribution in [0.1, 0.15) is 58.2 Å². The fourth-order valence-corrected chi connectivity index (χ4v) is 2.86. The Morgan fingerprint density at radius 2 is 2.29 bits per heavy atom. The number of aromatic nitrogens is 2. The third-order valence-corrected chi connectivity index (χ3v) is 3.93. The molecule has 0 aliphatic heterocycles. The Kier molecular flexibility index (Phi) is 3.87. The highest BCUT2D eigenvalue weighted by Crippen LogP contribution is 2.36. The molecule has 0 aromatic carbocycles. The van der Waals surface area contributed by atoms with Gasteiger partial charge < -0.3 is 9.67 Å². The Balaban J connectivity index is 2.20. The second-order valence-corrected chi connectivity index (χ2v) is 5.51. The van der Waals surface area contributed by atoms with E-state index in [-0.39, 0.29) is 0 Å². The van der Waals surface area contributed by atoms with Gasteiger partial charge in [-0.3, -0.25) is 0 Å². The van der Waals surface area contributed by atoms with Gasteiger partial charge in [0.25, 0.3) is 0 Å². The zero-order valence-corrected chi connectivity index (χ0v) is 11.0. The van der Waals surface area contributed by atoms with Gasteiger partial charge in [0.2, 0.25) is 0 Å². The number of rotatable bonds is 3. The molecule has 0 radical (unpaired) electrons. The fourth-order valence-electron chi connectivity index (χ4n) is 2.86. The van der Waals surface area contributed by atoms with Crippen molar-refractivity contribution in [2.75, 3.05) is 0 Å². The fraction of sp³-hybridized carbons (Fsp3) is 0.786. The van der Waals surface area contributed by atoms with Crippen LogP contribution in [0, 0.1) is 5.92 Å². The van der Waals surface area contributed by atoms with Crippen molar-refractivity contribution in [3.8, 4) is 0 Å². The number of imidazole rings is 1. The van der Waals surface area contributed by atoms with E-state index in [0.29, 0.717) is 0 Å². The topological polar surface area (TPSA) is 38.0 Å². The molecular weight excluding hydrogens is 212 g/mol. The van der Waals surface area contributed by atoms with Crippen molar-refractivity contribution in [1.82, 2.24) is 9.55 Å². The molecule has 0 saturated heterocycles. The van der Waals surface area contributed by atoms with Crippen LogP contribution in [0.3, 0.4) is 0 Å². The first kappa shape index (κ1) is 12.6. The highest BCUT2D eigenvalue weighted by molar-refractivity contribution is 5.06. The van der Waals surface area contributed by atoms with Gasteiger partial charge in [0.05, 0.1) is 0 Å². The molecule has 2 unspecified atom stereocenters. The minimum absolute atomic E-state index is 0.691. The molecule has 1 fully saturated rings. The average Bonchev–Trinajstić information content (AvgIpc) is 2.69. The summed E-state index contributed by atoms with van der Waals surface area (Å²) in [5.74, 6) is 1.62. The summed E-state index contributed by atoms with van der Waals surface area (Å²) in [6.45, 7) is 5.39. The maximum absolute atomic E-state index is 10.9. The Labute approximate surface area is 104 Å². The number of aryl methyl sites for hydroxylation is 1. The van der Waals surface area contributed by atoms with Crippen molar-refractivity contribution in [2.45, 2.75) is 64.5 Å². The van der Waals surface area contributed by atoms with Gasteiger partial charge in [0, 0.05) is 18.9 Å². The summed E-state index contributed by atoms with van der Waals surface area (Å²) in [6.07, 6.45) is 10.0. The molecule has 17 heavy (non-hydrogen) atoms. The van der Waals surface area contributed by atoms with Crippen LogP contribution in [-0.2, 0) is 12.1 Å². The van der Waals surface area contributed by atoms with E-state index in [2.05, 4.69) is 23.4 Å². The van der Waals surface area contributed by atoms with Crippen LogP contribution in [0.4, 0.5) is 0 Å². The molecule has 1 aromatic heterocycles. The standard InChI is InChI=1S/C14H24N2O/c1-3-10-16-11-9-15-13(16)14(17)7-4-5-12(2)6-8-14/h9,11-12,17H,3-8,10H2,1-2H3. The SMILES string of the molecule is CCCn1ccnc1C1(O)CCCC(C)CC1. The van der Waals surface area contributed by atoms with Crippen LogP contribution in [0.5, 0.6) is 0 Å². The van der Waals surface area contributed by atoms with E-state index >= 15 is 0 Å². The minimum Gasteiger partial charge on any atom is -0.382 e. The van der Waals surface area contributed by atoms with Gasteiger partial charge in [-0.15, -0.1) is 0 Å². The summed E-state index contributed by atoms with van der Waals surface area (Å²) in [7, 11) is 0. The first-order chi connectivity index (χ1) is 8.15. The average molecular weight is 236 g/mol. The first-order valence-electron chi connectivity index (χ1n) is 6.89. The van der Waals surface area contributed by atoms with E-state index in [1.165, 1.54) is 6.42 Å². The van der Waals surface area contributed by atoms with Gasteiger partial charge in [0.15, 0.2) is 0 Å². The maximum atomic E-state index is 10.9. The number of aliphatic hydroxyl groups is 1. The molecule has 0 amide bonds. The molecule has 1 N–H and O–H groups in total. The highest BCUT2D eigenvalue weighted by atomic mass is 16.3. The second-order valence-electron chi connectivity index (χ2n) is 5.51. The molecule has 3 nitrogen and oxygen atoms in total. The van der Waals surface area contributed by atoms with Gasteiger partial charge in [-0.1, -0.05) is 20.3 Å². The molecule has 2 rings (SSSR count). The van der Waals surface area contributed by atoms with Crippen molar-refractivity contribution in [3.05, 3.63) is 18.2 Å². The normalized spacial score (nSPS) is 30.2. The molecule has 2 atom stereocenters. The van der Waals surface area contributed by atoms with E-state index in [4.69, 9.17) is 0 Å². The third-order valence-electron chi connectivity index (χ3n) is 3.93. The van der Waals surface area contributed by atoms with Crippen molar-refractivity contribution >= 4 is 0 Å². The second kappa shape index (κ2) is 5.21. The monoisotopic (exact) mass is 236 g/mol. The minimum atomic E-state index is -0.691. The van der Waals surface area contributed by atoms with Crippen molar-refractivity contribution in [2.24, 2.45) is 5.92 Å². The summed E-state index contributed by atoms with van der Waals surface area (Å²) in [5, 5.41) is 10.9. The third kappa shape index (κ3) is 2.71. The van der Waals surface area contributed by atoms with Crippen molar-refractivity contribution < 1.29 is 5.11 Å².